The van der Waals surface area contributed by atoms with Crippen LogP contribution in [0, 0.1) is 0 Å². The Bertz CT molecular complexity index is 1350. The van der Waals surface area contributed by atoms with Gasteiger partial charge in [-0.25, -0.2) is 10.2 Å². The molecule has 4 aromatic rings. The number of rotatable bonds is 5. The summed E-state index contributed by atoms with van der Waals surface area (Å²) < 4.78 is 5.63. The molecule has 0 aromatic heterocycles. The minimum absolute atomic E-state index is 0.250. The SMILES string of the molecule is O=C(N/N=C\c1c(OC(=O)c2ccccc2Cl)ccc2ccccc12)c1cccc(Cl)c1. The molecule has 5 nitrogen and oxygen atoms in total. The number of hydrogen-bond donors (Lipinski definition) is 1. The number of hydrazone groups is 1. The third kappa shape index (κ3) is 4.80. The van der Waals surface area contributed by atoms with E-state index in [1.807, 2.05) is 30.3 Å². The van der Waals surface area contributed by atoms with Crippen LogP contribution in [0.4, 0.5) is 0 Å². The van der Waals surface area contributed by atoms with Crippen LogP contribution in [-0.4, -0.2) is 18.1 Å². The van der Waals surface area contributed by atoms with Gasteiger partial charge < -0.3 is 4.74 Å². The Hall–Kier alpha value is -3.67. The molecule has 32 heavy (non-hydrogen) atoms. The maximum Gasteiger partial charge on any atom is 0.345 e. The van der Waals surface area contributed by atoms with Crippen molar-refractivity contribution < 1.29 is 14.3 Å². The highest BCUT2D eigenvalue weighted by Gasteiger charge is 2.16. The molecule has 0 fully saturated rings. The molecule has 0 aliphatic rings. The average molecular weight is 463 g/mol. The Morgan fingerprint density at radius 1 is 0.875 bits per heavy atom. The number of carbonyl (C=O) groups is 2. The Balaban J connectivity index is 1.64. The van der Waals surface area contributed by atoms with Gasteiger partial charge in [0.25, 0.3) is 5.91 Å². The van der Waals surface area contributed by atoms with Crippen molar-refractivity contribution in [1.82, 2.24) is 5.43 Å². The van der Waals surface area contributed by atoms with Gasteiger partial charge in [0.2, 0.25) is 0 Å². The van der Waals surface area contributed by atoms with Crippen LogP contribution in [0.3, 0.4) is 0 Å². The van der Waals surface area contributed by atoms with E-state index in [1.165, 1.54) is 6.21 Å². The lowest BCUT2D eigenvalue weighted by Crippen LogP contribution is -2.17. The zero-order chi connectivity index (χ0) is 22.5. The third-order valence-electron chi connectivity index (χ3n) is 4.67. The lowest BCUT2D eigenvalue weighted by atomic mass is 10.0. The van der Waals surface area contributed by atoms with Crippen molar-refractivity contribution in [3.05, 3.63) is 112 Å². The highest BCUT2D eigenvalue weighted by molar-refractivity contribution is 6.33. The standard InChI is InChI=1S/C25H16Cl2N2O3/c26-18-8-5-7-17(14-18)24(30)29-28-15-21-19-9-2-1-6-16(19)12-13-23(21)32-25(31)20-10-3-4-11-22(20)27/h1-15H,(H,29,30)/b28-15-. The van der Waals surface area contributed by atoms with E-state index in [2.05, 4.69) is 10.5 Å². The Kier molecular flexibility index (Phi) is 6.50. The lowest BCUT2D eigenvalue weighted by Gasteiger charge is -2.11. The van der Waals surface area contributed by atoms with Crippen molar-refractivity contribution in [2.75, 3.05) is 0 Å². The number of ether oxygens (including phenoxy) is 1. The fraction of sp³-hybridized carbons (Fsp3) is 0. The maximum absolute atomic E-state index is 12.7. The number of hydrogen-bond acceptors (Lipinski definition) is 4. The van der Waals surface area contributed by atoms with Gasteiger partial charge in [0.1, 0.15) is 5.75 Å². The molecule has 0 bridgehead atoms. The van der Waals surface area contributed by atoms with E-state index in [9.17, 15) is 9.59 Å². The average Bonchev–Trinajstić information content (AvgIpc) is 2.80. The number of carbonyl (C=O) groups excluding carboxylic acids is 2. The Morgan fingerprint density at radius 2 is 1.66 bits per heavy atom. The second kappa shape index (κ2) is 9.64. The minimum Gasteiger partial charge on any atom is -0.422 e. The Labute approximate surface area is 194 Å². The van der Waals surface area contributed by atoms with Crippen molar-refractivity contribution in [2.45, 2.75) is 0 Å². The van der Waals surface area contributed by atoms with E-state index < -0.39 is 11.9 Å². The number of halogens is 2. The summed E-state index contributed by atoms with van der Waals surface area (Å²) in [6, 6.07) is 24.3. The van der Waals surface area contributed by atoms with Crippen molar-refractivity contribution in [2.24, 2.45) is 5.10 Å². The first-order valence-corrected chi connectivity index (χ1v) is 10.4. The molecule has 4 aromatic carbocycles. The van der Waals surface area contributed by atoms with Crippen LogP contribution in [0.5, 0.6) is 5.75 Å². The normalized spacial score (nSPS) is 10.9. The molecule has 0 aliphatic heterocycles. The molecule has 1 amide bonds. The fourth-order valence-corrected chi connectivity index (χ4v) is 3.53. The van der Waals surface area contributed by atoms with E-state index in [1.54, 1.807) is 54.6 Å². The summed E-state index contributed by atoms with van der Waals surface area (Å²) >= 11 is 12.1. The molecule has 0 radical (unpaired) electrons. The Morgan fingerprint density at radius 3 is 2.47 bits per heavy atom. The summed E-state index contributed by atoms with van der Waals surface area (Å²) in [4.78, 5) is 25.0. The van der Waals surface area contributed by atoms with Crippen molar-refractivity contribution in [3.8, 4) is 5.75 Å². The van der Waals surface area contributed by atoms with Gasteiger partial charge in [-0.2, -0.15) is 5.10 Å². The molecule has 0 aliphatic carbocycles. The largest absolute Gasteiger partial charge is 0.422 e. The topological polar surface area (TPSA) is 67.8 Å². The van der Waals surface area contributed by atoms with Crippen LogP contribution < -0.4 is 10.2 Å². The molecular formula is C25H16Cl2N2O3. The molecule has 0 atom stereocenters. The fourth-order valence-electron chi connectivity index (χ4n) is 3.13. The molecule has 7 heteroatoms. The predicted molar refractivity (Wildman–Crippen MR) is 127 cm³/mol. The van der Waals surface area contributed by atoms with Crippen molar-refractivity contribution in [3.63, 3.8) is 0 Å². The number of nitrogens with zero attached hydrogens (tertiary/aromatic N) is 1. The number of amides is 1. The summed E-state index contributed by atoms with van der Waals surface area (Å²) in [6.07, 6.45) is 1.44. The molecular weight excluding hydrogens is 447 g/mol. The highest BCUT2D eigenvalue weighted by Crippen LogP contribution is 2.28. The van der Waals surface area contributed by atoms with Gasteiger partial charge in [-0.05, 0) is 47.2 Å². The molecule has 4 rings (SSSR count). The van der Waals surface area contributed by atoms with Crippen LogP contribution in [0.2, 0.25) is 10.0 Å². The second-order valence-electron chi connectivity index (χ2n) is 6.78. The zero-order valence-electron chi connectivity index (χ0n) is 16.6. The summed E-state index contributed by atoms with van der Waals surface area (Å²) in [5.74, 6) is -0.725. The van der Waals surface area contributed by atoms with Crippen LogP contribution >= 0.6 is 23.2 Å². The maximum atomic E-state index is 12.7. The van der Waals surface area contributed by atoms with Gasteiger partial charge in [-0.15, -0.1) is 0 Å². The zero-order valence-corrected chi connectivity index (χ0v) is 18.1. The summed E-state index contributed by atoms with van der Waals surface area (Å²) in [5.41, 5.74) is 3.63. The number of benzene rings is 4. The highest BCUT2D eigenvalue weighted by atomic mass is 35.5. The van der Waals surface area contributed by atoms with Gasteiger partial charge in [0, 0.05) is 16.1 Å². The third-order valence-corrected chi connectivity index (χ3v) is 5.24. The smallest absolute Gasteiger partial charge is 0.345 e. The summed E-state index contributed by atoms with van der Waals surface area (Å²) in [7, 11) is 0. The van der Waals surface area contributed by atoms with Gasteiger partial charge in [-0.3, -0.25) is 4.79 Å². The second-order valence-corrected chi connectivity index (χ2v) is 7.62. The molecule has 1 N–H and O–H groups in total. The first-order chi connectivity index (χ1) is 15.5. The van der Waals surface area contributed by atoms with E-state index in [0.717, 1.165) is 10.8 Å². The van der Waals surface area contributed by atoms with Crippen molar-refractivity contribution in [1.29, 1.82) is 0 Å². The minimum atomic E-state index is -0.594. The monoisotopic (exact) mass is 462 g/mol. The predicted octanol–water partition coefficient (Wildman–Crippen LogP) is 6.13. The molecule has 0 saturated heterocycles. The molecule has 0 heterocycles. The first-order valence-electron chi connectivity index (χ1n) is 9.60. The van der Waals surface area contributed by atoms with E-state index in [-0.39, 0.29) is 11.3 Å². The van der Waals surface area contributed by atoms with Crippen molar-refractivity contribution >= 4 is 52.1 Å². The van der Waals surface area contributed by atoms with Crippen LogP contribution in [0.15, 0.2) is 90.0 Å². The first kappa shape index (κ1) is 21.6. The van der Waals surface area contributed by atoms with Crippen LogP contribution in [0.25, 0.3) is 10.8 Å². The number of esters is 1. The van der Waals surface area contributed by atoms with E-state index in [4.69, 9.17) is 27.9 Å². The van der Waals surface area contributed by atoms with Gasteiger partial charge in [0.05, 0.1) is 16.8 Å². The summed E-state index contributed by atoms with van der Waals surface area (Å²) in [6.45, 7) is 0. The van der Waals surface area contributed by atoms with Gasteiger partial charge >= 0.3 is 5.97 Å². The molecule has 0 unspecified atom stereocenters. The van der Waals surface area contributed by atoms with E-state index >= 15 is 0 Å². The number of nitrogens with one attached hydrogen (secondary N) is 1. The van der Waals surface area contributed by atoms with E-state index in [0.29, 0.717) is 21.2 Å². The number of fused-ring (bicyclic) bond motifs is 1. The molecule has 0 spiro atoms. The summed E-state index contributed by atoms with van der Waals surface area (Å²) in [5, 5.41) is 6.54. The van der Waals surface area contributed by atoms with Gasteiger partial charge in [0.15, 0.2) is 0 Å². The van der Waals surface area contributed by atoms with Crippen LogP contribution in [-0.2, 0) is 0 Å². The molecule has 158 valence electrons. The lowest BCUT2D eigenvalue weighted by molar-refractivity contribution is 0.0734. The van der Waals surface area contributed by atoms with Gasteiger partial charge in [-0.1, -0.05) is 71.7 Å². The van der Waals surface area contributed by atoms with Crippen LogP contribution in [0.1, 0.15) is 26.3 Å². The quantitative estimate of drug-likeness (QED) is 0.168. The molecule has 0 saturated carbocycles.